The molecule has 1 aromatic rings. The van der Waals surface area contributed by atoms with Crippen LogP contribution in [0.1, 0.15) is 42.5 Å². The van der Waals surface area contributed by atoms with E-state index in [1.807, 2.05) is 0 Å². The quantitative estimate of drug-likeness (QED) is 0.777. The molecule has 1 atom stereocenters. The van der Waals surface area contributed by atoms with Crippen LogP contribution in [0, 0.1) is 0 Å². The van der Waals surface area contributed by atoms with Crippen molar-refractivity contribution in [3.05, 3.63) is 33.8 Å². The van der Waals surface area contributed by atoms with Crippen molar-refractivity contribution in [1.82, 2.24) is 0 Å². The molecular weight excluding hydrogens is 303 g/mol. The molecule has 104 valence electrons. The largest absolute Gasteiger partial charge is 0.293 e. The third-order valence-corrected chi connectivity index (χ3v) is 5.74. The van der Waals surface area contributed by atoms with E-state index in [2.05, 4.69) is 0 Å². The van der Waals surface area contributed by atoms with Crippen LogP contribution in [0.15, 0.2) is 18.2 Å². The fourth-order valence-electron chi connectivity index (χ4n) is 2.37. The molecule has 0 aromatic heterocycles. The van der Waals surface area contributed by atoms with Gasteiger partial charge in [-0.2, -0.15) is 0 Å². The molecule has 19 heavy (non-hydrogen) atoms. The molecule has 0 amide bonds. The van der Waals surface area contributed by atoms with E-state index in [4.69, 9.17) is 23.2 Å². The molecule has 0 N–H and O–H groups in total. The summed E-state index contributed by atoms with van der Waals surface area (Å²) in [4.78, 5) is 12.1. The van der Waals surface area contributed by atoms with Crippen LogP contribution in [-0.4, -0.2) is 21.0 Å². The normalized spacial score (nSPS) is 18.2. The van der Waals surface area contributed by atoms with Gasteiger partial charge in [0.05, 0.1) is 10.8 Å². The summed E-state index contributed by atoms with van der Waals surface area (Å²) in [7, 11) is -1.09. The zero-order chi connectivity index (χ0) is 13.8. The van der Waals surface area contributed by atoms with Gasteiger partial charge in [-0.3, -0.25) is 9.00 Å². The second-order valence-corrected chi connectivity index (χ2v) is 7.39. The van der Waals surface area contributed by atoms with Crippen molar-refractivity contribution in [2.24, 2.45) is 0 Å². The van der Waals surface area contributed by atoms with E-state index < -0.39 is 10.8 Å². The van der Waals surface area contributed by atoms with Gasteiger partial charge < -0.3 is 0 Å². The smallest absolute Gasteiger partial charge is 0.176 e. The first-order chi connectivity index (χ1) is 9.08. The molecule has 1 aliphatic rings. The Bertz CT molecular complexity index is 496. The predicted molar refractivity (Wildman–Crippen MR) is 80.7 cm³/mol. The number of rotatable bonds is 4. The summed E-state index contributed by atoms with van der Waals surface area (Å²) in [5.74, 6) is -0.1000. The number of hydrogen-bond acceptors (Lipinski definition) is 2. The number of carbonyl (C=O) groups excluding carboxylic acids is 1. The highest BCUT2D eigenvalue weighted by molar-refractivity contribution is 7.86. The van der Waals surface area contributed by atoms with Gasteiger partial charge in [0, 0.05) is 26.6 Å². The van der Waals surface area contributed by atoms with Crippen molar-refractivity contribution in [3.63, 3.8) is 0 Å². The van der Waals surface area contributed by atoms with E-state index in [-0.39, 0.29) is 16.8 Å². The summed E-state index contributed by atoms with van der Waals surface area (Å²) >= 11 is 11.8. The van der Waals surface area contributed by atoms with Gasteiger partial charge >= 0.3 is 0 Å². The van der Waals surface area contributed by atoms with Crippen LogP contribution >= 0.6 is 23.2 Å². The summed E-state index contributed by atoms with van der Waals surface area (Å²) in [5.41, 5.74) is 0.412. The zero-order valence-electron chi connectivity index (χ0n) is 10.5. The van der Waals surface area contributed by atoms with E-state index in [0.717, 1.165) is 25.7 Å². The maximum Gasteiger partial charge on any atom is 0.176 e. The molecule has 0 spiro atoms. The standard InChI is InChI=1S/C14H16Cl2O2S/c15-10-6-7-12(13(16)8-10)14(17)9-19(18)11-4-2-1-3-5-11/h6-8,11H,1-5,9H2. The molecule has 1 unspecified atom stereocenters. The molecule has 5 heteroatoms. The zero-order valence-corrected chi connectivity index (χ0v) is 12.9. The van der Waals surface area contributed by atoms with E-state index in [1.54, 1.807) is 18.2 Å². The van der Waals surface area contributed by atoms with Crippen LogP contribution in [0.25, 0.3) is 0 Å². The lowest BCUT2D eigenvalue weighted by atomic mass is 10.0. The summed E-state index contributed by atoms with van der Waals surface area (Å²) in [6.45, 7) is 0. The highest BCUT2D eigenvalue weighted by Gasteiger charge is 2.23. The molecule has 0 saturated heterocycles. The first-order valence-electron chi connectivity index (χ1n) is 6.43. The summed E-state index contributed by atoms with van der Waals surface area (Å²) in [6, 6.07) is 4.77. The Kier molecular flexibility index (Phi) is 5.43. The van der Waals surface area contributed by atoms with Crippen LogP contribution in [-0.2, 0) is 10.8 Å². The Labute approximate surface area is 125 Å². The number of ketones is 1. The number of halogens is 2. The molecule has 1 aromatic carbocycles. The lowest BCUT2D eigenvalue weighted by Crippen LogP contribution is -2.24. The molecule has 0 radical (unpaired) electrons. The maximum atomic E-state index is 12.2. The maximum absolute atomic E-state index is 12.2. The van der Waals surface area contributed by atoms with E-state index in [9.17, 15) is 9.00 Å². The second-order valence-electron chi connectivity index (χ2n) is 4.83. The molecule has 2 rings (SSSR count). The summed E-state index contributed by atoms with van der Waals surface area (Å²) in [5, 5.41) is 0.997. The Hall–Kier alpha value is -0.380. The van der Waals surface area contributed by atoms with Gasteiger partial charge in [0.2, 0.25) is 0 Å². The molecule has 1 saturated carbocycles. The Morgan fingerprint density at radius 3 is 2.53 bits per heavy atom. The minimum Gasteiger partial charge on any atom is -0.293 e. The third-order valence-electron chi connectivity index (χ3n) is 3.43. The van der Waals surface area contributed by atoms with Gasteiger partial charge in [-0.05, 0) is 31.0 Å². The number of benzene rings is 1. The first-order valence-corrected chi connectivity index (χ1v) is 8.57. The van der Waals surface area contributed by atoms with Crippen LogP contribution < -0.4 is 0 Å². The fourth-order valence-corrected chi connectivity index (χ4v) is 4.39. The predicted octanol–water partition coefficient (Wildman–Crippen LogP) is 4.26. The highest BCUT2D eigenvalue weighted by atomic mass is 35.5. The van der Waals surface area contributed by atoms with Crippen molar-refractivity contribution in [2.75, 3.05) is 5.75 Å². The molecule has 0 heterocycles. The summed E-state index contributed by atoms with van der Waals surface area (Å²) in [6.07, 6.45) is 5.38. The van der Waals surface area contributed by atoms with Crippen LogP contribution in [0.2, 0.25) is 10.0 Å². The number of hydrogen-bond donors (Lipinski definition) is 0. The number of Topliss-reactive ketones (excluding diaryl/α,β-unsaturated/α-hetero) is 1. The van der Waals surface area contributed by atoms with E-state index in [0.29, 0.717) is 15.6 Å². The van der Waals surface area contributed by atoms with Crippen molar-refractivity contribution < 1.29 is 9.00 Å². The Morgan fingerprint density at radius 2 is 1.89 bits per heavy atom. The van der Waals surface area contributed by atoms with Gasteiger partial charge in [0.1, 0.15) is 0 Å². The average Bonchev–Trinajstić information content (AvgIpc) is 2.39. The minimum atomic E-state index is -1.09. The molecule has 0 bridgehead atoms. The molecule has 2 nitrogen and oxygen atoms in total. The van der Waals surface area contributed by atoms with Crippen molar-refractivity contribution >= 4 is 39.8 Å². The SMILES string of the molecule is O=C(CS(=O)C1CCCCC1)c1ccc(Cl)cc1Cl. The highest BCUT2D eigenvalue weighted by Crippen LogP contribution is 2.24. The van der Waals surface area contributed by atoms with Crippen molar-refractivity contribution in [2.45, 2.75) is 37.4 Å². The van der Waals surface area contributed by atoms with E-state index >= 15 is 0 Å². The van der Waals surface area contributed by atoms with Crippen LogP contribution in [0.5, 0.6) is 0 Å². The number of carbonyl (C=O) groups is 1. The topological polar surface area (TPSA) is 34.1 Å². The van der Waals surface area contributed by atoms with Crippen LogP contribution in [0.3, 0.4) is 0 Å². The van der Waals surface area contributed by atoms with Crippen LogP contribution in [0.4, 0.5) is 0 Å². The molecule has 0 aliphatic heterocycles. The second kappa shape index (κ2) is 6.87. The summed E-state index contributed by atoms with van der Waals surface area (Å²) < 4.78 is 12.2. The third kappa shape index (κ3) is 4.04. The fraction of sp³-hybridized carbons (Fsp3) is 0.500. The first kappa shape index (κ1) is 15.0. The molecule has 1 fully saturated rings. The minimum absolute atomic E-state index is 0.0615. The average molecular weight is 319 g/mol. The molecule has 1 aliphatic carbocycles. The van der Waals surface area contributed by atoms with Gasteiger partial charge in [-0.15, -0.1) is 0 Å². The van der Waals surface area contributed by atoms with Gasteiger partial charge in [0.25, 0.3) is 0 Å². The monoisotopic (exact) mass is 318 g/mol. The van der Waals surface area contributed by atoms with Gasteiger partial charge in [-0.25, -0.2) is 0 Å². The Morgan fingerprint density at radius 1 is 1.21 bits per heavy atom. The lowest BCUT2D eigenvalue weighted by molar-refractivity contribution is 0.102. The Balaban J connectivity index is 2.02. The van der Waals surface area contributed by atoms with Crippen molar-refractivity contribution in [1.29, 1.82) is 0 Å². The van der Waals surface area contributed by atoms with Gasteiger partial charge in [-0.1, -0.05) is 42.5 Å². The van der Waals surface area contributed by atoms with E-state index in [1.165, 1.54) is 6.42 Å². The van der Waals surface area contributed by atoms with Gasteiger partial charge in [0.15, 0.2) is 5.78 Å². The molecular formula is C14H16Cl2O2S. The van der Waals surface area contributed by atoms with Crippen molar-refractivity contribution in [3.8, 4) is 0 Å². The lowest BCUT2D eigenvalue weighted by Gasteiger charge is -2.20.